The van der Waals surface area contributed by atoms with Gasteiger partial charge in [0.1, 0.15) is 0 Å². The van der Waals surface area contributed by atoms with Gasteiger partial charge in [-0.3, -0.25) is 9.48 Å². The van der Waals surface area contributed by atoms with Crippen molar-refractivity contribution in [1.29, 1.82) is 0 Å². The Morgan fingerprint density at radius 3 is 2.69 bits per heavy atom. The number of amides is 1. The topological polar surface area (TPSA) is 75.4 Å². The molecule has 0 aliphatic carbocycles. The predicted molar refractivity (Wildman–Crippen MR) is 101 cm³/mol. The predicted octanol–water partition coefficient (Wildman–Crippen LogP) is 3.82. The van der Waals surface area contributed by atoms with Gasteiger partial charge in [0.05, 0.1) is 23.4 Å². The van der Waals surface area contributed by atoms with Crippen LogP contribution < -0.4 is 0 Å². The quantitative estimate of drug-likeness (QED) is 0.781. The van der Waals surface area contributed by atoms with Gasteiger partial charge in [-0.15, -0.1) is 11.8 Å². The highest BCUT2D eigenvalue weighted by molar-refractivity contribution is 7.99. The Morgan fingerprint density at radius 1 is 1.35 bits per heavy atom. The highest BCUT2D eigenvalue weighted by Gasteiger charge is 2.26. The minimum absolute atomic E-state index is 0.0164. The van der Waals surface area contributed by atoms with E-state index < -0.39 is 5.97 Å². The van der Waals surface area contributed by atoms with Crippen LogP contribution >= 0.6 is 23.4 Å². The highest BCUT2D eigenvalue weighted by Crippen LogP contribution is 2.29. The molecule has 1 fully saturated rings. The molecular weight excluding hydrogens is 374 g/mol. The maximum atomic E-state index is 12.9. The number of halogens is 1. The van der Waals surface area contributed by atoms with Gasteiger partial charge in [0.25, 0.3) is 5.91 Å². The molecule has 1 amide bonds. The largest absolute Gasteiger partial charge is 0.478 e. The van der Waals surface area contributed by atoms with Crippen molar-refractivity contribution in [2.45, 2.75) is 30.7 Å². The van der Waals surface area contributed by atoms with Gasteiger partial charge in [-0.2, -0.15) is 5.10 Å². The number of thioether (sulfide) groups is 1. The van der Waals surface area contributed by atoms with Crippen LogP contribution in [0.5, 0.6) is 0 Å². The van der Waals surface area contributed by atoms with Gasteiger partial charge in [-0.1, -0.05) is 18.5 Å². The van der Waals surface area contributed by atoms with Crippen LogP contribution in [0.1, 0.15) is 46.5 Å². The zero-order valence-electron chi connectivity index (χ0n) is 14.4. The first-order valence-corrected chi connectivity index (χ1v) is 9.85. The van der Waals surface area contributed by atoms with Gasteiger partial charge in [0, 0.05) is 29.2 Å². The van der Waals surface area contributed by atoms with Crippen molar-refractivity contribution in [2.24, 2.45) is 0 Å². The van der Waals surface area contributed by atoms with Crippen molar-refractivity contribution in [2.75, 3.05) is 18.8 Å². The number of carboxylic acids is 1. The van der Waals surface area contributed by atoms with E-state index in [9.17, 15) is 9.59 Å². The molecule has 0 bridgehead atoms. The van der Waals surface area contributed by atoms with E-state index in [1.54, 1.807) is 34.8 Å². The second-order valence-electron chi connectivity index (χ2n) is 6.11. The first-order chi connectivity index (χ1) is 12.5. The summed E-state index contributed by atoms with van der Waals surface area (Å²) < 4.78 is 1.70. The molecule has 2 heterocycles. The van der Waals surface area contributed by atoms with Crippen molar-refractivity contribution in [3.63, 3.8) is 0 Å². The van der Waals surface area contributed by atoms with E-state index in [0.717, 1.165) is 23.5 Å². The van der Waals surface area contributed by atoms with E-state index in [4.69, 9.17) is 16.7 Å². The highest BCUT2D eigenvalue weighted by atomic mass is 35.5. The molecule has 1 aliphatic heterocycles. The fourth-order valence-electron chi connectivity index (χ4n) is 3.10. The summed E-state index contributed by atoms with van der Waals surface area (Å²) in [5.74, 6) is -0.0937. The van der Waals surface area contributed by atoms with Crippen LogP contribution in [0.3, 0.4) is 0 Å². The molecule has 3 rings (SSSR count). The normalized spacial score (nSPS) is 15.2. The number of aromatic carboxylic acids is 1. The van der Waals surface area contributed by atoms with Gasteiger partial charge in [0.2, 0.25) is 0 Å². The Kier molecular flexibility index (Phi) is 5.88. The third kappa shape index (κ3) is 4.04. The molecular formula is C18H20ClN3O3S. The maximum Gasteiger partial charge on any atom is 0.338 e. The zero-order valence-corrected chi connectivity index (χ0v) is 16.0. The number of benzene rings is 1. The Hall–Kier alpha value is -1.99. The Morgan fingerprint density at radius 2 is 2.08 bits per heavy atom. The van der Waals surface area contributed by atoms with Gasteiger partial charge in [0.15, 0.2) is 0 Å². The van der Waals surface area contributed by atoms with Crippen LogP contribution in [0.2, 0.25) is 5.02 Å². The summed E-state index contributed by atoms with van der Waals surface area (Å²) >= 11 is 7.67. The monoisotopic (exact) mass is 393 g/mol. The van der Waals surface area contributed by atoms with Gasteiger partial charge < -0.3 is 10.0 Å². The molecule has 26 heavy (non-hydrogen) atoms. The summed E-state index contributed by atoms with van der Waals surface area (Å²) in [6, 6.07) is 5.49. The molecule has 1 aromatic carbocycles. The van der Waals surface area contributed by atoms with Crippen LogP contribution in [-0.4, -0.2) is 50.5 Å². The molecule has 0 radical (unpaired) electrons. The number of hydrogen-bond acceptors (Lipinski definition) is 4. The number of carbonyl (C=O) groups is 2. The molecule has 0 atom stereocenters. The molecule has 8 heteroatoms. The lowest BCUT2D eigenvalue weighted by molar-refractivity contribution is 0.0685. The van der Waals surface area contributed by atoms with Gasteiger partial charge >= 0.3 is 5.97 Å². The van der Waals surface area contributed by atoms with Crippen LogP contribution in [0.25, 0.3) is 0 Å². The van der Waals surface area contributed by atoms with E-state index in [-0.39, 0.29) is 17.5 Å². The summed E-state index contributed by atoms with van der Waals surface area (Å²) in [5, 5.41) is 13.8. The molecule has 1 saturated heterocycles. The van der Waals surface area contributed by atoms with Crippen molar-refractivity contribution in [3.8, 4) is 0 Å². The fourth-order valence-corrected chi connectivity index (χ4v) is 4.17. The number of nitrogens with zero attached hydrogens (tertiary/aromatic N) is 3. The SMILES string of the molecule is CCSc1cc(Cl)ccc1C(=O)N1CCC(n2cc(C(=O)O)cn2)CC1. The Bertz CT molecular complexity index is 816. The molecule has 0 saturated carbocycles. The minimum Gasteiger partial charge on any atom is -0.478 e. The van der Waals surface area contributed by atoms with Crippen molar-refractivity contribution in [3.05, 3.63) is 46.7 Å². The number of hydrogen-bond donors (Lipinski definition) is 1. The number of rotatable bonds is 5. The van der Waals surface area contributed by atoms with E-state index in [0.29, 0.717) is 23.7 Å². The van der Waals surface area contributed by atoms with Crippen LogP contribution in [-0.2, 0) is 0 Å². The Balaban J connectivity index is 1.67. The van der Waals surface area contributed by atoms with Crippen molar-refractivity contribution >= 4 is 35.2 Å². The van der Waals surface area contributed by atoms with Crippen molar-refractivity contribution < 1.29 is 14.7 Å². The summed E-state index contributed by atoms with van der Waals surface area (Å²) in [5.41, 5.74) is 0.873. The Labute approximate surface area is 161 Å². The lowest BCUT2D eigenvalue weighted by atomic mass is 10.0. The van der Waals surface area contributed by atoms with E-state index >= 15 is 0 Å². The molecule has 2 aromatic rings. The molecule has 1 aromatic heterocycles. The molecule has 0 spiro atoms. The molecule has 1 aliphatic rings. The number of aromatic nitrogens is 2. The number of carboxylic acid groups (broad SMARTS) is 1. The van der Waals surface area contributed by atoms with E-state index in [1.165, 1.54) is 6.20 Å². The summed E-state index contributed by atoms with van der Waals surface area (Å²) in [7, 11) is 0. The summed E-state index contributed by atoms with van der Waals surface area (Å²) in [6.45, 7) is 3.27. The fraction of sp³-hybridized carbons (Fsp3) is 0.389. The molecule has 138 valence electrons. The maximum absolute atomic E-state index is 12.9. The average Bonchev–Trinajstić information content (AvgIpc) is 3.12. The van der Waals surface area contributed by atoms with Crippen molar-refractivity contribution in [1.82, 2.24) is 14.7 Å². The third-order valence-electron chi connectivity index (χ3n) is 4.45. The number of carbonyl (C=O) groups excluding carboxylic acids is 1. The smallest absolute Gasteiger partial charge is 0.338 e. The van der Waals surface area contributed by atoms with Crippen LogP contribution in [0.15, 0.2) is 35.5 Å². The average molecular weight is 394 g/mol. The van der Waals surface area contributed by atoms with E-state index in [1.807, 2.05) is 17.9 Å². The van der Waals surface area contributed by atoms with Crippen LogP contribution in [0, 0.1) is 0 Å². The third-order valence-corrected chi connectivity index (χ3v) is 5.62. The van der Waals surface area contributed by atoms with E-state index in [2.05, 4.69) is 5.10 Å². The molecule has 6 nitrogen and oxygen atoms in total. The lowest BCUT2D eigenvalue weighted by Gasteiger charge is -2.32. The lowest BCUT2D eigenvalue weighted by Crippen LogP contribution is -2.39. The number of likely N-dealkylation sites (tertiary alicyclic amines) is 1. The second-order valence-corrected chi connectivity index (χ2v) is 7.85. The molecule has 0 unspecified atom stereocenters. The van der Waals surface area contributed by atoms with Crippen LogP contribution in [0.4, 0.5) is 0 Å². The first kappa shape index (κ1) is 18.8. The number of piperidine rings is 1. The standard InChI is InChI=1S/C18H20ClN3O3S/c1-2-26-16-9-13(19)3-4-15(16)17(23)21-7-5-14(6-8-21)22-11-12(10-20-22)18(24)25/h3-4,9-11,14H,2,5-8H2,1H3,(H,24,25). The minimum atomic E-state index is -0.979. The van der Waals surface area contributed by atoms with Gasteiger partial charge in [-0.05, 0) is 36.8 Å². The molecule has 1 N–H and O–H groups in total. The first-order valence-electron chi connectivity index (χ1n) is 8.48. The van der Waals surface area contributed by atoms with Gasteiger partial charge in [-0.25, -0.2) is 4.79 Å². The second kappa shape index (κ2) is 8.14. The zero-order chi connectivity index (χ0) is 18.7. The summed E-state index contributed by atoms with van der Waals surface area (Å²) in [4.78, 5) is 26.7. The summed E-state index contributed by atoms with van der Waals surface area (Å²) in [6.07, 6.45) is 4.41.